The standard InChI is InChI=1S/C24H25N9O3/c1-3-19(34)32-11-5-6-18(14-32)28-24-29-23(21(22(25)36)30-31-24)27-17-9-7-15(8-10-17)16-12-26-33(13-16)20(35)4-2/h3-4,7-10,12-13,18H,1-2,5-6,11,14H2,(H2,25,36)(H2,27,28,29,31)/t18-/m1/s1. The predicted octanol–water partition coefficient (Wildman–Crippen LogP) is 1.99. The third-order valence-electron chi connectivity index (χ3n) is 5.63. The molecule has 36 heavy (non-hydrogen) atoms. The van der Waals surface area contributed by atoms with Gasteiger partial charge in [-0.05, 0) is 42.7 Å². The molecule has 1 aliphatic heterocycles. The highest BCUT2D eigenvalue weighted by Gasteiger charge is 2.24. The number of anilines is 3. The Morgan fingerprint density at radius 2 is 1.81 bits per heavy atom. The molecule has 0 bridgehead atoms. The zero-order valence-corrected chi connectivity index (χ0v) is 19.4. The van der Waals surface area contributed by atoms with Gasteiger partial charge in [0.25, 0.3) is 11.8 Å². The van der Waals surface area contributed by atoms with Crippen LogP contribution in [0.25, 0.3) is 11.1 Å². The van der Waals surface area contributed by atoms with E-state index in [1.165, 1.54) is 16.8 Å². The van der Waals surface area contributed by atoms with Gasteiger partial charge in [0.05, 0.1) is 6.20 Å². The summed E-state index contributed by atoms with van der Waals surface area (Å²) >= 11 is 0. The maximum Gasteiger partial charge on any atom is 0.273 e. The molecule has 1 fully saturated rings. The maximum atomic E-state index is 12.0. The second-order valence-corrected chi connectivity index (χ2v) is 8.09. The molecule has 184 valence electrons. The molecule has 0 spiro atoms. The van der Waals surface area contributed by atoms with Gasteiger partial charge in [0.1, 0.15) is 0 Å². The van der Waals surface area contributed by atoms with Gasteiger partial charge in [0, 0.05) is 36.6 Å². The number of likely N-dealkylation sites (tertiary alicyclic amines) is 1. The van der Waals surface area contributed by atoms with Crippen molar-refractivity contribution < 1.29 is 14.4 Å². The summed E-state index contributed by atoms with van der Waals surface area (Å²) < 4.78 is 1.20. The number of aromatic nitrogens is 5. The third kappa shape index (κ3) is 5.43. The van der Waals surface area contributed by atoms with E-state index in [1.54, 1.807) is 29.4 Å². The lowest BCUT2D eigenvalue weighted by atomic mass is 10.1. The third-order valence-corrected chi connectivity index (χ3v) is 5.63. The van der Waals surface area contributed by atoms with Crippen LogP contribution in [0.5, 0.6) is 0 Å². The number of amides is 2. The molecule has 12 nitrogen and oxygen atoms in total. The maximum absolute atomic E-state index is 12.0. The quantitative estimate of drug-likeness (QED) is 0.404. The van der Waals surface area contributed by atoms with Gasteiger partial charge < -0.3 is 21.3 Å². The highest BCUT2D eigenvalue weighted by atomic mass is 16.2. The number of nitrogens with zero attached hydrogens (tertiary/aromatic N) is 6. The Kier molecular flexibility index (Phi) is 7.14. The SMILES string of the molecule is C=CC(=O)N1CCC[C@@H](Nc2nnc(C(N)=O)c(Nc3ccc(-c4cnn(C(=O)C=C)c4)cc3)n2)C1. The van der Waals surface area contributed by atoms with Crippen molar-refractivity contribution in [3.8, 4) is 11.1 Å². The number of carbonyl (C=O) groups excluding carboxylic acids is 3. The lowest BCUT2D eigenvalue weighted by Crippen LogP contribution is -2.44. The molecule has 2 aromatic heterocycles. The van der Waals surface area contributed by atoms with Gasteiger partial charge in [-0.2, -0.15) is 10.1 Å². The normalized spacial score (nSPS) is 15.1. The van der Waals surface area contributed by atoms with Gasteiger partial charge in [0.15, 0.2) is 11.5 Å². The molecule has 3 aromatic rings. The van der Waals surface area contributed by atoms with E-state index in [4.69, 9.17) is 5.73 Å². The molecule has 3 heterocycles. The van der Waals surface area contributed by atoms with Crippen LogP contribution in [0.1, 0.15) is 28.1 Å². The summed E-state index contributed by atoms with van der Waals surface area (Å²) in [7, 11) is 0. The Bertz CT molecular complexity index is 1320. The van der Waals surface area contributed by atoms with E-state index in [2.05, 4.69) is 44.1 Å². The van der Waals surface area contributed by atoms with Gasteiger partial charge in [0.2, 0.25) is 11.9 Å². The summed E-state index contributed by atoms with van der Waals surface area (Å²) in [6, 6.07) is 7.13. The van der Waals surface area contributed by atoms with Crippen LogP contribution in [0, 0.1) is 0 Å². The first-order chi connectivity index (χ1) is 17.4. The van der Waals surface area contributed by atoms with E-state index in [0.29, 0.717) is 18.8 Å². The van der Waals surface area contributed by atoms with Gasteiger partial charge in [-0.3, -0.25) is 14.4 Å². The zero-order valence-electron chi connectivity index (χ0n) is 19.4. The molecule has 0 aliphatic carbocycles. The number of benzene rings is 1. The minimum atomic E-state index is -0.777. The van der Waals surface area contributed by atoms with Crippen molar-refractivity contribution in [1.82, 2.24) is 29.9 Å². The number of nitrogens with two attached hydrogens (primary N) is 1. The van der Waals surface area contributed by atoms with Crippen LogP contribution in [0.15, 0.2) is 62.0 Å². The van der Waals surface area contributed by atoms with Crippen LogP contribution >= 0.6 is 0 Å². The van der Waals surface area contributed by atoms with Crippen molar-refractivity contribution in [3.63, 3.8) is 0 Å². The first-order valence-electron chi connectivity index (χ1n) is 11.2. The summed E-state index contributed by atoms with van der Waals surface area (Å²) in [5.41, 5.74) is 7.57. The molecule has 4 N–H and O–H groups in total. The first kappa shape index (κ1) is 24.3. The number of hydrogen-bond donors (Lipinski definition) is 3. The fourth-order valence-electron chi connectivity index (χ4n) is 3.82. The largest absolute Gasteiger partial charge is 0.364 e. The summed E-state index contributed by atoms with van der Waals surface area (Å²) in [6.07, 6.45) is 7.31. The summed E-state index contributed by atoms with van der Waals surface area (Å²) in [5.74, 6) is -0.883. The average Bonchev–Trinajstić information content (AvgIpc) is 3.39. The molecule has 12 heteroatoms. The molecule has 0 unspecified atom stereocenters. The number of carbonyl (C=O) groups is 3. The van der Waals surface area contributed by atoms with E-state index in [0.717, 1.165) is 24.0 Å². The van der Waals surface area contributed by atoms with Crippen LogP contribution in [0.3, 0.4) is 0 Å². The van der Waals surface area contributed by atoms with Gasteiger partial charge in [-0.25, -0.2) is 4.68 Å². The molecule has 1 saturated heterocycles. The average molecular weight is 488 g/mol. The molecular weight excluding hydrogens is 462 g/mol. The monoisotopic (exact) mass is 487 g/mol. The molecule has 4 rings (SSSR count). The number of hydrogen-bond acceptors (Lipinski definition) is 9. The number of piperidine rings is 1. The van der Waals surface area contributed by atoms with Crippen molar-refractivity contribution in [2.75, 3.05) is 23.7 Å². The van der Waals surface area contributed by atoms with E-state index in [9.17, 15) is 14.4 Å². The minimum absolute atomic E-state index is 0.0788. The molecule has 1 atom stereocenters. The molecular formula is C24H25N9O3. The lowest BCUT2D eigenvalue weighted by molar-refractivity contribution is -0.127. The van der Waals surface area contributed by atoms with Gasteiger partial charge in [-0.1, -0.05) is 25.3 Å². The second-order valence-electron chi connectivity index (χ2n) is 8.09. The van der Waals surface area contributed by atoms with Crippen molar-refractivity contribution in [2.24, 2.45) is 5.73 Å². The van der Waals surface area contributed by atoms with Crippen molar-refractivity contribution in [1.29, 1.82) is 0 Å². The Morgan fingerprint density at radius 3 is 2.50 bits per heavy atom. The summed E-state index contributed by atoms with van der Waals surface area (Å²) in [5, 5.41) is 18.2. The summed E-state index contributed by atoms with van der Waals surface area (Å²) in [4.78, 5) is 41.7. The number of rotatable bonds is 8. The van der Waals surface area contributed by atoms with Crippen molar-refractivity contribution >= 4 is 35.2 Å². The molecule has 1 aromatic carbocycles. The number of primary amides is 1. The van der Waals surface area contributed by atoms with Crippen LogP contribution in [0.2, 0.25) is 0 Å². The van der Waals surface area contributed by atoms with E-state index in [1.807, 2.05) is 12.1 Å². The van der Waals surface area contributed by atoms with Crippen molar-refractivity contribution in [3.05, 3.63) is 67.7 Å². The zero-order chi connectivity index (χ0) is 25.7. The lowest BCUT2D eigenvalue weighted by Gasteiger charge is -2.32. The molecule has 0 saturated carbocycles. The predicted molar refractivity (Wildman–Crippen MR) is 134 cm³/mol. The van der Waals surface area contributed by atoms with Gasteiger partial charge >= 0.3 is 0 Å². The number of nitrogens with one attached hydrogen (secondary N) is 2. The van der Waals surface area contributed by atoms with Gasteiger partial charge in [-0.15, -0.1) is 10.2 Å². The minimum Gasteiger partial charge on any atom is -0.364 e. The fraction of sp³-hybridized carbons (Fsp3) is 0.208. The van der Waals surface area contributed by atoms with E-state index >= 15 is 0 Å². The Balaban J connectivity index is 1.50. The Hall–Kier alpha value is -4.87. The summed E-state index contributed by atoms with van der Waals surface area (Å²) in [6.45, 7) is 8.13. The van der Waals surface area contributed by atoms with Crippen molar-refractivity contribution in [2.45, 2.75) is 18.9 Å². The van der Waals surface area contributed by atoms with Crippen LogP contribution in [-0.2, 0) is 4.79 Å². The molecule has 1 aliphatic rings. The smallest absolute Gasteiger partial charge is 0.273 e. The Labute approximate surface area is 206 Å². The fourth-order valence-corrected chi connectivity index (χ4v) is 3.82. The molecule has 2 amide bonds. The highest BCUT2D eigenvalue weighted by Crippen LogP contribution is 2.24. The highest BCUT2D eigenvalue weighted by molar-refractivity contribution is 5.96. The van der Waals surface area contributed by atoms with Crippen LogP contribution in [0.4, 0.5) is 17.5 Å². The molecule has 0 radical (unpaired) electrons. The van der Waals surface area contributed by atoms with E-state index in [-0.39, 0.29) is 35.3 Å². The van der Waals surface area contributed by atoms with E-state index < -0.39 is 5.91 Å². The van der Waals surface area contributed by atoms with Crippen LogP contribution < -0.4 is 16.4 Å². The first-order valence-corrected chi connectivity index (χ1v) is 11.2. The second kappa shape index (κ2) is 10.6. The number of allylic oxidation sites excluding steroid dienone is 1. The van der Waals surface area contributed by atoms with Crippen LogP contribution in [-0.4, -0.2) is 66.7 Å². The Morgan fingerprint density at radius 1 is 1.06 bits per heavy atom. The topological polar surface area (TPSA) is 161 Å².